The lowest BCUT2D eigenvalue weighted by atomic mass is 9.78. The number of amides is 2. The van der Waals surface area contributed by atoms with E-state index in [0.717, 1.165) is 0 Å². The van der Waals surface area contributed by atoms with Crippen LogP contribution in [0.2, 0.25) is 0 Å². The molecule has 25 heavy (non-hydrogen) atoms. The molecule has 0 saturated heterocycles. The van der Waals surface area contributed by atoms with Crippen molar-refractivity contribution in [2.24, 2.45) is 5.41 Å². The van der Waals surface area contributed by atoms with Gasteiger partial charge in [0.25, 0.3) is 0 Å². The quantitative estimate of drug-likeness (QED) is 0.670. The predicted molar refractivity (Wildman–Crippen MR) is 96.1 cm³/mol. The molecule has 1 aromatic rings. The van der Waals surface area contributed by atoms with Crippen LogP contribution in [-0.4, -0.2) is 36.0 Å². The van der Waals surface area contributed by atoms with Crippen molar-refractivity contribution < 1.29 is 19.5 Å². The zero-order chi connectivity index (χ0) is 19.1. The molecule has 0 heterocycles. The average molecular weight is 348 g/mol. The molecule has 3 N–H and O–H groups in total. The van der Waals surface area contributed by atoms with Crippen LogP contribution in [0.1, 0.15) is 46.1 Å². The minimum atomic E-state index is -1.16. The second kappa shape index (κ2) is 8.65. The highest BCUT2D eigenvalue weighted by atomic mass is 16.4. The average Bonchev–Trinajstić information content (AvgIpc) is 2.55. The number of carbonyl (C=O) groups excluding carboxylic acids is 2. The first-order valence-corrected chi connectivity index (χ1v) is 8.47. The van der Waals surface area contributed by atoms with Crippen molar-refractivity contribution in [1.29, 1.82) is 0 Å². The maximum Gasteiger partial charge on any atom is 0.315 e. The molecular formula is C19H28N2O4. The molecule has 0 bridgehead atoms. The molecule has 1 atom stereocenters. The van der Waals surface area contributed by atoms with Gasteiger partial charge in [-0.2, -0.15) is 0 Å². The first-order chi connectivity index (χ1) is 11.6. The molecule has 1 aromatic carbocycles. The zero-order valence-electron chi connectivity index (χ0n) is 15.4. The molecule has 0 spiro atoms. The number of aliphatic carboxylic acids is 1. The topological polar surface area (TPSA) is 95.5 Å². The first kappa shape index (κ1) is 20.7. The summed E-state index contributed by atoms with van der Waals surface area (Å²) < 4.78 is 0. The normalized spacial score (nSPS) is 13.6. The Balaban J connectivity index is 2.65. The fourth-order valence-electron chi connectivity index (χ4n) is 2.43. The number of nitrogens with one attached hydrogen (secondary N) is 2. The van der Waals surface area contributed by atoms with Gasteiger partial charge < -0.3 is 15.7 Å². The fourth-order valence-corrected chi connectivity index (χ4v) is 2.43. The summed E-state index contributed by atoms with van der Waals surface area (Å²) in [5.41, 5.74) is -1.01. The van der Waals surface area contributed by atoms with E-state index in [-0.39, 0.29) is 31.3 Å². The van der Waals surface area contributed by atoms with E-state index in [1.54, 1.807) is 52.0 Å². The van der Waals surface area contributed by atoms with Crippen LogP contribution in [0.25, 0.3) is 0 Å². The van der Waals surface area contributed by atoms with Crippen LogP contribution in [0.15, 0.2) is 30.3 Å². The number of carbonyl (C=O) groups is 3. The fraction of sp³-hybridized carbons (Fsp3) is 0.526. The third kappa shape index (κ3) is 5.59. The van der Waals surface area contributed by atoms with Crippen LogP contribution in [0.5, 0.6) is 0 Å². The van der Waals surface area contributed by atoms with E-state index in [9.17, 15) is 19.5 Å². The van der Waals surface area contributed by atoms with E-state index in [0.29, 0.717) is 12.0 Å². The molecule has 1 unspecified atom stereocenters. The van der Waals surface area contributed by atoms with E-state index in [4.69, 9.17) is 0 Å². The maximum atomic E-state index is 12.0. The molecule has 1 rings (SSSR count). The van der Waals surface area contributed by atoms with Gasteiger partial charge in [0.05, 0.1) is 0 Å². The van der Waals surface area contributed by atoms with Crippen molar-refractivity contribution in [2.75, 3.05) is 13.1 Å². The highest BCUT2D eigenvalue weighted by molar-refractivity contribution is 5.84. The molecule has 6 heteroatoms. The van der Waals surface area contributed by atoms with Gasteiger partial charge >= 0.3 is 5.97 Å². The summed E-state index contributed by atoms with van der Waals surface area (Å²) in [7, 11) is 0. The summed E-state index contributed by atoms with van der Waals surface area (Å²) in [6.07, 6.45) is 0.462. The molecule has 0 aliphatic rings. The Morgan fingerprint density at radius 3 is 2.12 bits per heavy atom. The largest absolute Gasteiger partial charge is 0.481 e. The second-order valence-electron chi connectivity index (χ2n) is 7.14. The van der Waals surface area contributed by atoms with E-state index in [1.165, 1.54) is 0 Å². The maximum absolute atomic E-state index is 12.0. The SMILES string of the molecule is CCC(CNC(=O)CCNC(=O)C(C)(C)C)(C(=O)O)c1ccccc1. The van der Waals surface area contributed by atoms with Crippen molar-refractivity contribution in [3.8, 4) is 0 Å². The van der Waals surface area contributed by atoms with Gasteiger partial charge in [0.15, 0.2) is 0 Å². The zero-order valence-corrected chi connectivity index (χ0v) is 15.4. The molecule has 0 aliphatic heterocycles. The highest BCUT2D eigenvalue weighted by Crippen LogP contribution is 2.27. The molecule has 0 aromatic heterocycles. The lowest BCUT2D eigenvalue weighted by Crippen LogP contribution is -2.46. The molecular weight excluding hydrogens is 320 g/mol. The molecule has 0 aliphatic carbocycles. The Morgan fingerprint density at radius 2 is 1.64 bits per heavy atom. The summed E-state index contributed by atoms with van der Waals surface area (Å²) >= 11 is 0. The van der Waals surface area contributed by atoms with Crippen LogP contribution < -0.4 is 10.6 Å². The van der Waals surface area contributed by atoms with Crippen molar-refractivity contribution in [1.82, 2.24) is 10.6 Å². The van der Waals surface area contributed by atoms with E-state index in [1.807, 2.05) is 6.07 Å². The minimum Gasteiger partial charge on any atom is -0.481 e. The Kier molecular flexibility index (Phi) is 7.15. The molecule has 2 amide bonds. The number of rotatable bonds is 8. The van der Waals surface area contributed by atoms with E-state index in [2.05, 4.69) is 10.6 Å². The van der Waals surface area contributed by atoms with Gasteiger partial charge in [-0.1, -0.05) is 58.0 Å². The summed E-state index contributed by atoms with van der Waals surface area (Å²) in [4.78, 5) is 35.7. The summed E-state index contributed by atoms with van der Waals surface area (Å²) in [5.74, 6) is -1.38. The molecule has 0 saturated carbocycles. The van der Waals surface area contributed by atoms with Gasteiger partial charge in [0.2, 0.25) is 11.8 Å². The molecule has 0 fully saturated rings. The Labute approximate surface area is 149 Å². The molecule has 0 radical (unpaired) electrons. The second-order valence-corrected chi connectivity index (χ2v) is 7.14. The van der Waals surface area contributed by atoms with Crippen molar-refractivity contribution >= 4 is 17.8 Å². The Morgan fingerprint density at radius 1 is 1.04 bits per heavy atom. The van der Waals surface area contributed by atoms with Crippen LogP contribution in [0, 0.1) is 5.41 Å². The molecule has 6 nitrogen and oxygen atoms in total. The number of hydrogen-bond donors (Lipinski definition) is 3. The smallest absolute Gasteiger partial charge is 0.315 e. The van der Waals surface area contributed by atoms with Crippen LogP contribution in [0.4, 0.5) is 0 Å². The van der Waals surface area contributed by atoms with E-state index >= 15 is 0 Å². The Bertz CT molecular complexity index is 608. The van der Waals surface area contributed by atoms with Crippen LogP contribution >= 0.6 is 0 Å². The molecule has 138 valence electrons. The van der Waals surface area contributed by atoms with Crippen molar-refractivity contribution in [3.05, 3.63) is 35.9 Å². The first-order valence-electron chi connectivity index (χ1n) is 8.47. The standard InChI is InChI=1S/C19H28N2O4/c1-5-19(17(24)25,14-9-7-6-8-10-14)13-21-15(22)11-12-20-16(23)18(2,3)4/h6-10H,5,11-13H2,1-4H3,(H,20,23)(H,21,22)(H,24,25). The minimum absolute atomic E-state index is 0.00883. The van der Waals surface area contributed by atoms with Gasteiger partial charge in [-0.25, -0.2) is 0 Å². The monoisotopic (exact) mass is 348 g/mol. The van der Waals surface area contributed by atoms with Gasteiger partial charge in [-0.15, -0.1) is 0 Å². The van der Waals surface area contributed by atoms with Crippen LogP contribution in [-0.2, 0) is 19.8 Å². The Hall–Kier alpha value is -2.37. The van der Waals surface area contributed by atoms with Gasteiger partial charge in [0, 0.05) is 24.9 Å². The number of carboxylic acid groups (broad SMARTS) is 1. The van der Waals surface area contributed by atoms with E-state index < -0.39 is 16.8 Å². The van der Waals surface area contributed by atoms with Gasteiger partial charge in [0.1, 0.15) is 5.41 Å². The number of benzene rings is 1. The third-order valence-electron chi connectivity index (χ3n) is 4.25. The predicted octanol–water partition coefficient (Wildman–Crippen LogP) is 2.09. The van der Waals surface area contributed by atoms with Crippen LogP contribution in [0.3, 0.4) is 0 Å². The lowest BCUT2D eigenvalue weighted by molar-refractivity contribution is -0.144. The van der Waals surface area contributed by atoms with Crippen molar-refractivity contribution in [2.45, 2.75) is 46.0 Å². The lowest BCUT2D eigenvalue weighted by Gasteiger charge is -2.29. The third-order valence-corrected chi connectivity index (χ3v) is 4.25. The summed E-state index contributed by atoms with van der Waals surface area (Å²) in [6, 6.07) is 8.90. The number of carboxylic acids is 1. The van der Waals surface area contributed by atoms with Crippen molar-refractivity contribution in [3.63, 3.8) is 0 Å². The van der Waals surface area contributed by atoms with Gasteiger partial charge in [-0.05, 0) is 12.0 Å². The number of hydrogen-bond acceptors (Lipinski definition) is 3. The highest BCUT2D eigenvalue weighted by Gasteiger charge is 2.38. The van der Waals surface area contributed by atoms with Gasteiger partial charge in [-0.3, -0.25) is 14.4 Å². The summed E-state index contributed by atoms with van der Waals surface area (Å²) in [6.45, 7) is 7.41. The summed E-state index contributed by atoms with van der Waals surface area (Å²) in [5, 5.41) is 15.1.